The summed E-state index contributed by atoms with van der Waals surface area (Å²) in [6.45, 7) is 5.13. The maximum Gasteiger partial charge on any atom is 0.310 e. The average molecular weight is 317 g/mol. The van der Waals surface area contributed by atoms with E-state index in [-0.39, 0.29) is 23.7 Å². The second-order valence-electron chi connectivity index (χ2n) is 5.18. The van der Waals surface area contributed by atoms with Gasteiger partial charge in [-0.2, -0.15) is 0 Å². The first kappa shape index (κ1) is 16.7. The molecular weight excluding hydrogens is 301 g/mol. The van der Waals surface area contributed by atoms with E-state index in [1.54, 1.807) is 20.8 Å². The van der Waals surface area contributed by atoms with Crippen LogP contribution in [0.1, 0.15) is 27.2 Å². The molecule has 1 rings (SSSR count). The van der Waals surface area contributed by atoms with Gasteiger partial charge in [0.05, 0.1) is 0 Å². The van der Waals surface area contributed by atoms with Crippen molar-refractivity contribution < 1.29 is 24.2 Å². The summed E-state index contributed by atoms with van der Waals surface area (Å²) in [6.07, 6.45) is 0.530. The number of halogens is 5. The van der Waals surface area contributed by atoms with Crippen LogP contribution < -0.4 is 5.32 Å². The number of benzene rings is 1. The van der Waals surface area contributed by atoms with Gasteiger partial charge in [-0.15, -0.1) is 0 Å². The van der Waals surface area contributed by atoms with E-state index in [2.05, 4.69) is 5.32 Å². The minimum atomic E-state index is -9.66. The topological polar surface area (TPSA) is 29.1 Å². The third-order valence-electron chi connectivity index (χ3n) is 3.06. The molecule has 0 aliphatic heterocycles. The predicted molar refractivity (Wildman–Crippen MR) is 70.5 cm³/mol. The largest absolute Gasteiger partial charge is 0.326 e. The second kappa shape index (κ2) is 4.09. The van der Waals surface area contributed by atoms with Crippen LogP contribution in [-0.2, 0) is 4.79 Å². The van der Waals surface area contributed by atoms with E-state index >= 15 is 0 Å². The zero-order chi connectivity index (χ0) is 15.9. The molecule has 0 fully saturated rings. The Hall–Kier alpha value is -1.31. The lowest BCUT2D eigenvalue weighted by molar-refractivity contribution is -0.124. The number of nitrogens with one attached hydrogen (secondary N) is 1. The van der Waals surface area contributed by atoms with E-state index in [4.69, 9.17) is 0 Å². The highest BCUT2D eigenvalue weighted by Gasteiger charge is 2.65. The van der Waals surface area contributed by atoms with Gasteiger partial charge < -0.3 is 5.32 Å². The maximum atomic E-state index is 12.5. The Morgan fingerprint density at radius 3 is 1.90 bits per heavy atom. The van der Waals surface area contributed by atoms with Gasteiger partial charge >= 0.3 is 10.2 Å². The van der Waals surface area contributed by atoms with Crippen LogP contribution in [0.4, 0.5) is 25.1 Å². The van der Waals surface area contributed by atoms with E-state index in [1.807, 2.05) is 0 Å². The van der Waals surface area contributed by atoms with Crippen molar-refractivity contribution in [3.63, 3.8) is 0 Å². The molecular formula is C12H16F5NOS. The van der Waals surface area contributed by atoms with Crippen molar-refractivity contribution in [3.05, 3.63) is 24.3 Å². The Bertz CT molecular complexity index is 521. The van der Waals surface area contributed by atoms with Crippen molar-refractivity contribution >= 4 is 21.8 Å². The summed E-state index contributed by atoms with van der Waals surface area (Å²) < 4.78 is 62.5. The number of carbonyl (C=O) groups excluding carboxylic acids is 1. The zero-order valence-electron chi connectivity index (χ0n) is 11.2. The van der Waals surface area contributed by atoms with Crippen molar-refractivity contribution in [2.24, 2.45) is 5.41 Å². The number of amides is 1. The summed E-state index contributed by atoms with van der Waals surface area (Å²) in [6, 6.07) is 2.18. The molecule has 0 saturated heterocycles. The molecule has 0 radical (unpaired) electrons. The van der Waals surface area contributed by atoms with Gasteiger partial charge in [-0.05, 0) is 30.7 Å². The SMILES string of the molecule is CCC(C)(C)C(=O)Nc1ccc(S(F)(F)(F)(F)F)cc1. The van der Waals surface area contributed by atoms with Crippen molar-refractivity contribution in [1.29, 1.82) is 0 Å². The average Bonchev–Trinajstić information content (AvgIpc) is 2.26. The molecule has 0 aromatic heterocycles. The van der Waals surface area contributed by atoms with Crippen LogP contribution in [0.5, 0.6) is 0 Å². The van der Waals surface area contributed by atoms with Crippen LogP contribution in [0.2, 0.25) is 0 Å². The third kappa shape index (κ3) is 4.09. The summed E-state index contributed by atoms with van der Waals surface area (Å²) in [5.74, 6) is -0.389. The van der Waals surface area contributed by atoms with Gasteiger partial charge in [-0.25, -0.2) is 0 Å². The zero-order valence-corrected chi connectivity index (χ0v) is 12.0. The van der Waals surface area contributed by atoms with Crippen molar-refractivity contribution in [2.45, 2.75) is 32.1 Å². The number of hydrogen-bond donors (Lipinski definition) is 1. The number of rotatable bonds is 4. The first-order valence-electron chi connectivity index (χ1n) is 5.81. The van der Waals surface area contributed by atoms with Gasteiger partial charge in [-0.3, -0.25) is 4.79 Å². The Morgan fingerprint density at radius 1 is 1.10 bits per heavy atom. The van der Waals surface area contributed by atoms with Crippen LogP contribution in [0.3, 0.4) is 0 Å². The Morgan fingerprint density at radius 2 is 1.55 bits per heavy atom. The predicted octanol–water partition coefficient (Wildman–Crippen LogP) is 5.72. The number of carbonyl (C=O) groups is 1. The maximum absolute atomic E-state index is 12.5. The highest BCUT2D eigenvalue weighted by Crippen LogP contribution is 3.02. The summed E-state index contributed by atoms with van der Waals surface area (Å²) in [4.78, 5) is 9.82. The van der Waals surface area contributed by atoms with Gasteiger partial charge in [0.2, 0.25) is 5.91 Å². The lowest BCUT2D eigenvalue weighted by Crippen LogP contribution is -2.29. The van der Waals surface area contributed by atoms with Crippen molar-refractivity contribution in [1.82, 2.24) is 0 Å². The fourth-order valence-electron chi connectivity index (χ4n) is 1.26. The van der Waals surface area contributed by atoms with E-state index in [0.29, 0.717) is 6.42 Å². The Balaban J connectivity index is 2.98. The summed E-state index contributed by atoms with van der Waals surface area (Å²) in [5.41, 5.74) is -0.652. The first-order valence-corrected chi connectivity index (χ1v) is 7.76. The van der Waals surface area contributed by atoms with Crippen LogP contribution in [0.25, 0.3) is 0 Å². The monoisotopic (exact) mass is 317 g/mol. The minimum absolute atomic E-state index is 0.0436. The molecule has 1 aromatic rings. The second-order valence-corrected chi connectivity index (χ2v) is 7.59. The highest BCUT2D eigenvalue weighted by molar-refractivity contribution is 8.45. The van der Waals surface area contributed by atoms with Crippen molar-refractivity contribution in [2.75, 3.05) is 5.32 Å². The summed E-state index contributed by atoms with van der Waals surface area (Å²) in [7, 11) is -9.66. The van der Waals surface area contributed by atoms with E-state index in [1.165, 1.54) is 0 Å². The quantitative estimate of drug-likeness (QED) is 0.707. The van der Waals surface area contributed by atoms with E-state index in [0.717, 1.165) is 12.1 Å². The molecule has 1 aromatic carbocycles. The molecule has 0 spiro atoms. The molecule has 2 nitrogen and oxygen atoms in total. The molecule has 20 heavy (non-hydrogen) atoms. The molecule has 0 aliphatic carbocycles. The first-order chi connectivity index (χ1) is 8.65. The number of hydrogen-bond acceptors (Lipinski definition) is 1. The van der Waals surface area contributed by atoms with Crippen LogP contribution in [0.15, 0.2) is 29.2 Å². The molecule has 0 heterocycles. The molecule has 0 bridgehead atoms. The Labute approximate surface area is 114 Å². The lowest BCUT2D eigenvalue weighted by Gasteiger charge is -2.40. The van der Waals surface area contributed by atoms with Crippen LogP contribution in [0, 0.1) is 5.41 Å². The van der Waals surface area contributed by atoms with Crippen molar-refractivity contribution in [3.8, 4) is 0 Å². The van der Waals surface area contributed by atoms with Gasteiger partial charge in [-0.1, -0.05) is 40.2 Å². The highest BCUT2D eigenvalue weighted by atomic mass is 32.5. The standard InChI is InChI=1S/C12H16F5NOS/c1-4-12(2,3)11(19)18-9-5-7-10(8-6-9)20(13,14,15,16)17/h5-8H,4H2,1-3H3,(H,18,19). The normalized spacial score (nSPS) is 16.2. The summed E-state index contributed by atoms with van der Waals surface area (Å²) in [5, 5.41) is 2.40. The molecule has 116 valence electrons. The van der Waals surface area contributed by atoms with Gasteiger partial charge in [0.1, 0.15) is 4.90 Å². The Kier molecular flexibility index (Phi) is 3.43. The smallest absolute Gasteiger partial charge is 0.310 e. The van der Waals surface area contributed by atoms with Crippen LogP contribution >= 0.6 is 10.2 Å². The van der Waals surface area contributed by atoms with Gasteiger partial charge in [0.15, 0.2) is 0 Å². The summed E-state index contributed by atoms with van der Waals surface area (Å²) >= 11 is 0. The fourth-order valence-corrected chi connectivity index (χ4v) is 1.91. The van der Waals surface area contributed by atoms with Gasteiger partial charge in [0.25, 0.3) is 0 Å². The molecule has 1 amide bonds. The molecule has 0 aliphatic rings. The van der Waals surface area contributed by atoms with E-state index < -0.39 is 20.5 Å². The van der Waals surface area contributed by atoms with Crippen LogP contribution in [-0.4, -0.2) is 5.91 Å². The molecule has 0 atom stereocenters. The molecule has 8 heteroatoms. The minimum Gasteiger partial charge on any atom is -0.326 e. The molecule has 1 N–H and O–H groups in total. The molecule has 0 unspecified atom stereocenters. The molecule has 0 saturated carbocycles. The third-order valence-corrected chi connectivity index (χ3v) is 4.22. The fraction of sp³-hybridized carbons (Fsp3) is 0.417. The number of anilines is 1. The van der Waals surface area contributed by atoms with Gasteiger partial charge in [0, 0.05) is 11.1 Å². The lowest BCUT2D eigenvalue weighted by atomic mass is 9.89. The van der Waals surface area contributed by atoms with E-state index in [9.17, 15) is 24.2 Å².